The molecule has 3 aromatic carbocycles. The van der Waals surface area contributed by atoms with Gasteiger partial charge in [0.2, 0.25) is 0 Å². The molecule has 1 aliphatic rings. The van der Waals surface area contributed by atoms with E-state index in [4.69, 9.17) is 4.74 Å². The van der Waals surface area contributed by atoms with Crippen LogP contribution in [0.1, 0.15) is 50.3 Å². The summed E-state index contributed by atoms with van der Waals surface area (Å²) < 4.78 is 33.7. The molecule has 1 heterocycles. The van der Waals surface area contributed by atoms with E-state index in [1.165, 1.54) is 18.2 Å². The van der Waals surface area contributed by atoms with E-state index in [-0.39, 0.29) is 17.7 Å². The fourth-order valence-electron chi connectivity index (χ4n) is 4.53. The second-order valence-electron chi connectivity index (χ2n) is 8.34. The molecule has 3 aromatic rings. The Labute approximate surface area is 187 Å². The maximum atomic E-state index is 14.6. The molecule has 4 rings (SSSR count). The van der Waals surface area contributed by atoms with Crippen LogP contribution in [0.4, 0.5) is 13.6 Å². The van der Waals surface area contributed by atoms with Crippen molar-refractivity contribution in [2.75, 3.05) is 6.54 Å². The minimum atomic E-state index is -0.931. The van der Waals surface area contributed by atoms with Crippen LogP contribution in [0.3, 0.4) is 0 Å². The number of carbonyl (C=O) groups is 1. The van der Waals surface area contributed by atoms with Crippen molar-refractivity contribution < 1.29 is 18.3 Å². The molecule has 0 N–H and O–H groups in total. The number of hydrogen-bond acceptors (Lipinski definition) is 2. The third kappa shape index (κ3) is 4.24. The van der Waals surface area contributed by atoms with Crippen molar-refractivity contribution in [3.8, 4) is 11.1 Å². The van der Waals surface area contributed by atoms with Crippen molar-refractivity contribution in [1.82, 2.24) is 4.90 Å². The van der Waals surface area contributed by atoms with Gasteiger partial charge in [0, 0.05) is 18.5 Å². The lowest BCUT2D eigenvalue weighted by Crippen LogP contribution is -2.49. The molecule has 3 nitrogen and oxygen atoms in total. The SMILES string of the molecule is CCC[C@]1(c2ccccc2F)CCN([C@@H](C)c2ccc(-c3ccc(F)cc3)cc2)C(=O)O1. The molecule has 1 amide bonds. The molecule has 0 saturated carbocycles. The Hall–Kier alpha value is -3.21. The number of carbonyl (C=O) groups excluding carboxylic acids is 1. The fourth-order valence-corrected chi connectivity index (χ4v) is 4.53. The number of halogens is 2. The summed E-state index contributed by atoms with van der Waals surface area (Å²) in [6.45, 7) is 4.45. The van der Waals surface area contributed by atoms with Gasteiger partial charge in [0.05, 0.1) is 6.04 Å². The van der Waals surface area contributed by atoms with Crippen LogP contribution >= 0.6 is 0 Å². The smallest absolute Gasteiger partial charge is 0.411 e. The Balaban J connectivity index is 1.52. The van der Waals surface area contributed by atoms with Crippen molar-refractivity contribution >= 4 is 6.09 Å². The second kappa shape index (κ2) is 9.11. The molecule has 32 heavy (non-hydrogen) atoms. The summed E-state index contributed by atoms with van der Waals surface area (Å²) in [5, 5.41) is 0. The average molecular weight is 436 g/mol. The van der Waals surface area contributed by atoms with Crippen LogP contribution < -0.4 is 0 Å². The van der Waals surface area contributed by atoms with E-state index in [2.05, 4.69) is 0 Å². The zero-order valence-electron chi connectivity index (χ0n) is 18.4. The van der Waals surface area contributed by atoms with Gasteiger partial charge in [-0.1, -0.05) is 67.9 Å². The van der Waals surface area contributed by atoms with Crippen molar-refractivity contribution in [2.45, 2.75) is 44.8 Å². The van der Waals surface area contributed by atoms with Gasteiger partial charge in [-0.05, 0) is 48.2 Å². The maximum absolute atomic E-state index is 14.6. The van der Waals surface area contributed by atoms with E-state index in [9.17, 15) is 13.6 Å². The molecule has 0 radical (unpaired) electrons. The molecule has 0 unspecified atom stereocenters. The summed E-state index contributed by atoms with van der Waals surface area (Å²) >= 11 is 0. The zero-order chi connectivity index (χ0) is 22.7. The number of hydrogen-bond donors (Lipinski definition) is 0. The molecule has 1 saturated heterocycles. The highest BCUT2D eigenvalue weighted by Crippen LogP contribution is 2.41. The lowest BCUT2D eigenvalue weighted by molar-refractivity contribution is -0.0675. The van der Waals surface area contributed by atoms with E-state index in [0.29, 0.717) is 24.9 Å². The zero-order valence-corrected chi connectivity index (χ0v) is 18.4. The Bertz CT molecular complexity index is 1080. The van der Waals surface area contributed by atoms with Crippen LogP contribution in [0.15, 0.2) is 72.8 Å². The first kappa shape index (κ1) is 22.0. The number of ether oxygens (including phenoxy) is 1. The van der Waals surface area contributed by atoms with E-state index in [0.717, 1.165) is 23.1 Å². The van der Waals surface area contributed by atoms with Crippen molar-refractivity contribution in [3.05, 3.63) is 95.6 Å². The lowest BCUT2D eigenvalue weighted by Gasteiger charge is -2.43. The van der Waals surface area contributed by atoms with E-state index in [1.54, 1.807) is 35.2 Å². The fraction of sp³-hybridized carbons (Fsp3) is 0.296. The summed E-state index contributed by atoms with van der Waals surface area (Å²) in [5.74, 6) is -0.608. The topological polar surface area (TPSA) is 29.5 Å². The van der Waals surface area contributed by atoms with E-state index >= 15 is 0 Å². The Morgan fingerprint density at radius 2 is 1.59 bits per heavy atom. The molecule has 1 aliphatic heterocycles. The molecular weight excluding hydrogens is 408 g/mol. The first-order valence-electron chi connectivity index (χ1n) is 11.0. The van der Waals surface area contributed by atoms with Crippen LogP contribution in [-0.4, -0.2) is 17.5 Å². The number of amides is 1. The standard InChI is InChI=1S/C27H27F2NO2/c1-3-16-27(24-6-4-5-7-25(24)29)17-18-30(26(31)32-27)19(2)20-8-10-21(11-9-20)22-12-14-23(28)15-13-22/h4-15,19H,3,16-18H2,1-2H3/t19-,27+/m0/s1. The van der Waals surface area contributed by atoms with Gasteiger partial charge in [-0.15, -0.1) is 0 Å². The molecule has 2 atom stereocenters. The first-order chi connectivity index (χ1) is 15.4. The average Bonchev–Trinajstić information content (AvgIpc) is 2.80. The number of cyclic esters (lactones) is 1. The van der Waals surface area contributed by atoms with Gasteiger partial charge in [-0.2, -0.15) is 0 Å². The summed E-state index contributed by atoms with van der Waals surface area (Å²) in [5.41, 5.74) is 2.40. The minimum absolute atomic E-state index is 0.190. The van der Waals surface area contributed by atoms with E-state index < -0.39 is 11.7 Å². The minimum Gasteiger partial charge on any atom is -0.438 e. The molecule has 5 heteroatoms. The number of nitrogens with zero attached hydrogens (tertiary/aromatic N) is 1. The third-order valence-corrected chi connectivity index (χ3v) is 6.33. The summed E-state index contributed by atoms with van der Waals surface area (Å²) in [6, 6.07) is 20.6. The third-order valence-electron chi connectivity index (χ3n) is 6.33. The second-order valence-corrected chi connectivity index (χ2v) is 8.34. The monoisotopic (exact) mass is 435 g/mol. The van der Waals surface area contributed by atoms with Gasteiger partial charge < -0.3 is 9.64 Å². The van der Waals surface area contributed by atoms with Crippen molar-refractivity contribution in [3.63, 3.8) is 0 Å². The number of benzene rings is 3. The Kier molecular flexibility index (Phi) is 6.26. The number of rotatable bonds is 6. The maximum Gasteiger partial charge on any atom is 0.411 e. The predicted molar refractivity (Wildman–Crippen MR) is 121 cm³/mol. The molecule has 0 spiro atoms. The molecule has 0 aromatic heterocycles. The molecule has 166 valence electrons. The summed E-state index contributed by atoms with van der Waals surface area (Å²) in [7, 11) is 0. The normalized spacial score (nSPS) is 19.5. The van der Waals surface area contributed by atoms with E-state index in [1.807, 2.05) is 38.1 Å². The lowest BCUT2D eigenvalue weighted by atomic mass is 9.84. The van der Waals surface area contributed by atoms with Crippen LogP contribution in [0.25, 0.3) is 11.1 Å². The highest BCUT2D eigenvalue weighted by molar-refractivity contribution is 5.70. The molecule has 0 bridgehead atoms. The van der Waals surface area contributed by atoms with Gasteiger partial charge in [0.25, 0.3) is 0 Å². The summed E-state index contributed by atoms with van der Waals surface area (Å²) in [6.07, 6.45) is 1.46. The van der Waals surface area contributed by atoms with Crippen LogP contribution in [0.5, 0.6) is 0 Å². The quantitative estimate of drug-likeness (QED) is 0.409. The molecule has 1 fully saturated rings. The van der Waals surface area contributed by atoms with Crippen LogP contribution in [0.2, 0.25) is 0 Å². The van der Waals surface area contributed by atoms with Gasteiger partial charge in [0.15, 0.2) is 0 Å². The predicted octanol–water partition coefficient (Wildman–Crippen LogP) is 7.23. The van der Waals surface area contributed by atoms with Crippen LogP contribution in [0, 0.1) is 11.6 Å². The van der Waals surface area contributed by atoms with Gasteiger partial charge in [-0.25, -0.2) is 13.6 Å². The highest BCUT2D eigenvalue weighted by Gasteiger charge is 2.44. The van der Waals surface area contributed by atoms with Crippen molar-refractivity contribution in [1.29, 1.82) is 0 Å². The van der Waals surface area contributed by atoms with Crippen molar-refractivity contribution in [2.24, 2.45) is 0 Å². The van der Waals surface area contributed by atoms with Gasteiger partial charge >= 0.3 is 6.09 Å². The molecule has 0 aliphatic carbocycles. The Morgan fingerprint density at radius 3 is 2.19 bits per heavy atom. The molecular formula is C27H27F2NO2. The summed E-state index contributed by atoms with van der Waals surface area (Å²) in [4.78, 5) is 14.7. The highest BCUT2D eigenvalue weighted by atomic mass is 19.1. The van der Waals surface area contributed by atoms with Gasteiger partial charge in [-0.3, -0.25) is 0 Å². The van der Waals surface area contributed by atoms with Gasteiger partial charge in [0.1, 0.15) is 17.2 Å². The van der Waals surface area contributed by atoms with Crippen LogP contribution in [-0.2, 0) is 10.3 Å². The Morgan fingerprint density at radius 1 is 0.969 bits per heavy atom. The first-order valence-corrected chi connectivity index (χ1v) is 11.0. The largest absolute Gasteiger partial charge is 0.438 e.